The molecule has 0 saturated carbocycles. The van der Waals surface area contributed by atoms with Gasteiger partial charge in [0.25, 0.3) is 11.8 Å². The smallest absolute Gasteiger partial charge is 0.314 e. The highest BCUT2D eigenvalue weighted by atomic mass is 19.3. The first kappa shape index (κ1) is 25.8. The second-order valence-corrected chi connectivity index (χ2v) is 8.49. The monoisotopic (exact) mass is 539 g/mol. The molecule has 39 heavy (non-hydrogen) atoms. The molecule has 13 heteroatoms. The molecule has 4 aromatic rings. The van der Waals surface area contributed by atoms with Gasteiger partial charge < -0.3 is 19.2 Å². The maximum Gasteiger partial charge on any atom is 0.314 e. The standard InChI is InChI=1S/C26H17F4N5O4/c27-18-5-3-13(10-19(18)28)22(36)21(15-4-6-20(32-11-15)38-8-7-31)35-12-16-2-1-14(9-17(16)26(35)37)24-33-34-25(39-24)23(29)30/h1-6,9-11,21-23,36H,8,12H2/t21-,22?/m1/s1. The van der Waals surface area contributed by atoms with Gasteiger partial charge in [0.2, 0.25) is 11.8 Å². The normalized spacial score (nSPS) is 14.3. The number of benzene rings is 2. The number of rotatable bonds is 8. The highest BCUT2D eigenvalue weighted by Crippen LogP contribution is 2.40. The van der Waals surface area contributed by atoms with Crippen molar-refractivity contribution >= 4 is 5.91 Å². The topological polar surface area (TPSA) is 125 Å². The zero-order valence-electron chi connectivity index (χ0n) is 19.8. The number of amides is 1. The van der Waals surface area contributed by atoms with Gasteiger partial charge in [-0.05, 0) is 47.0 Å². The molecule has 0 aliphatic carbocycles. The molecule has 0 fully saturated rings. The second-order valence-electron chi connectivity index (χ2n) is 8.49. The molecule has 1 unspecified atom stereocenters. The number of ether oxygens (including phenoxy) is 1. The van der Waals surface area contributed by atoms with E-state index < -0.39 is 42.0 Å². The van der Waals surface area contributed by atoms with Crippen LogP contribution < -0.4 is 4.74 Å². The lowest BCUT2D eigenvalue weighted by atomic mass is 9.95. The van der Waals surface area contributed by atoms with Crippen molar-refractivity contribution in [1.82, 2.24) is 20.1 Å². The van der Waals surface area contributed by atoms with E-state index in [-0.39, 0.29) is 41.6 Å². The summed E-state index contributed by atoms with van der Waals surface area (Å²) in [7, 11) is 0. The number of aromatic nitrogens is 3. The summed E-state index contributed by atoms with van der Waals surface area (Å²) in [5.41, 5.74) is 1.35. The number of nitrogens with zero attached hydrogens (tertiary/aromatic N) is 5. The molecule has 1 amide bonds. The Bertz CT molecular complexity index is 1570. The van der Waals surface area contributed by atoms with Crippen molar-refractivity contribution in [3.8, 4) is 23.4 Å². The van der Waals surface area contributed by atoms with Gasteiger partial charge in [0.1, 0.15) is 12.2 Å². The van der Waals surface area contributed by atoms with Crippen LogP contribution in [0.15, 0.2) is 59.1 Å². The van der Waals surface area contributed by atoms with Crippen molar-refractivity contribution in [3.63, 3.8) is 0 Å². The van der Waals surface area contributed by atoms with Crippen LogP contribution in [-0.2, 0) is 6.54 Å². The average Bonchev–Trinajstić information content (AvgIpc) is 3.55. The Labute approximate surface area is 217 Å². The van der Waals surface area contributed by atoms with E-state index in [2.05, 4.69) is 15.2 Å². The van der Waals surface area contributed by atoms with Crippen molar-refractivity contribution in [2.75, 3.05) is 6.61 Å². The molecule has 0 spiro atoms. The summed E-state index contributed by atoms with van der Waals surface area (Å²) >= 11 is 0. The van der Waals surface area contributed by atoms with E-state index in [0.29, 0.717) is 11.1 Å². The van der Waals surface area contributed by atoms with Crippen LogP contribution in [0.25, 0.3) is 11.5 Å². The van der Waals surface area contributed by atoms with Crippen LogP contribution in [0.4, 0.5) is 17.6 Å². The van der Waals surface area contributed by atoms with E-state index in [1.165, 1.54) is 41.4 Å². The predicted octanol–water partition coefficient (Wildman–Crippen LogP) is 4.68. The van der Waals surface area contributed by atoms with E-state index in [1.807, 2.05) is 6.07 Å². The van der Waals surface area contributed by atoms with Crippen LogP contribution in [0, 0.1) is 23.0 Å². The maximum atomic E-state index is 14.0. The number of halogens is 4. The summed E-state index contributed by atoms with van der Waals surface area (Å²) in [6.45, 7) is -0.215. The molecule has 0 radical (unpaired) electrons. The maximum absolute atomic E-state index is 14.0. The number of aliphatic hydroxyl groups excluding tert-OH is 1. The molecule has 9 nitrogen and oxygen atoms in total. The molecule has 1 aliphatic heterocycles. The number of carbonyl (C=O) groups excluding carboxylic acids is 1. The number of fused-ring (bicyclic) bond motifs is 1. The SMILES string of the molecule is N#CCOc1ccc([C@H](C(O)c2ccc(F)c(F)c2)N2Cc3ccc(-c4nnc(C(F)F)o4)cc3C2=O)cn1. The van der Waals surface area contributed by atoms with E-state index in [9.17, 15) is 27.5 Å². The molecule has 3 heterocycles. The first-order valence-electron chi connectivity index (χ1n) is 11.4. The van der Waals surface area contributed by atoms with Gasteiger partial charge in [-0.1, -0.05) is 12.1 Å². The van der Waals surface area contributed by atoms with Crippen LogP contribution in [0.1, 0.15) is 51.5 Å². The Balaban J connectivity index is 1.51. The zero-order chi connectivity index (χ0) is 27.7. The van der Waals surface area contributed by atoms with E-state index in [1.54, 1.807) is 6.07 Å². The van der Waals surface area contributed by atoms with E-state index in [0.717, 1.165) is 12.1 Å². The van der Waals surface area contributed by atoms with Gasteiger partial charge in [-0.3, -0.25) is 4.79 Å². The first-order chi connectivity index (χ1) is 18.8. The highest BCUT2D eigenvalue weighted by Gasteiger charge is 2.38. The summed E-state index contributed by atoms with van der Waals surface area (Å²) < 4.78 is 63.5. The third-order valence-corrected chi connectivity index (χ3v) is 6.12. The molecule has 1 N–H and O–H groups in total. The number of carbonyl (C=O) groups is 1. The first-order valence-corrected chi connectivity index (χ1v) is 11.4. The number of hydrogen-bond acceptors (Lipinski definition) is 8. The number of hydrogen-bond donors (Lipinski definition) is 1. The summed E-state index contributed by atoms with van der Waals surface area (Å²) in [6.07, 6.45) is -3.12. The van der Waals surface area contributed by atoms with Gasteiger partial charge in [-0.2, -0.15) is 14.0 Å². The molecule has 0 saturated heterocycles. The fourth-order valence-electron chi connectivity index (χ4n) is 4.29. The predicted molar refractivity (Wildman–Crippen MR) is 124 cm³/mol. The lowest BCUT2D eigenvalue weighted by Crippen LogP contribution is -2.33. The van der Waals surface area contributed by atoms with Gasteiger partial charge in [-0.15, -0.1) is 10.2 Å². The van der Waals surface area contributed by atoms with Crippen LogP contribution in [0.5, 0.6) is 5.88 Å². The summed E-state index contributed by atoms with van der Waals surface area (Å²) in [4.78, 5) is 19.0. The molecular formula is C26H17F4N5O4. The highest BCUT2D eigenvalue weighted by molar-refractivity contribution is 5.99. The molecule has 1 aliphatic rings. The van der Waals surface area contributed by atoms with Gasteiger partial charge in [0.15, 0.2) is 18.2 Å². The number of alkyl halides is 2. The van der Waals surface area contributed by atoms with Crippen LogP contribution >= 0.6 is 0 Å². The fraction of sp³-hybridized carbons (Fsp3) is 0.192. The van der Waals surface area contributed by atoms with Crippen LogP contribution in [0.3, 0.4) is 0 Å². The van der Waals surface area contributed by atoms with Gasteiger partial charge >= 0.3 is 6.43 Å². The Morgan fingerprint density at radius 2 is 1.87 bits per heavy atom. The van der Waals surface area contributed by atoms with Crippen molar-refractivity contribution < 1.29 is 36.6 Å². The van der Waals surface area contributed by atoms with Crippen molar-refractivity contribution in [1.29, 1.82) is 5.26 Å². The zero-order valence-corrected chi connectivity index (χ0v) is 19.8. The molecule has 2 atom stereocenters. The Kier molecular flexibility index (Phi) is 6.95. The molecule has 2 aromatic heterocycles. The summed E-state index contributed by atoms with van der Waals surface area (Å²) in [6, 6.07) is 11.1. The van der Waals surface area contributed by atoms with Gasteiger partial charge in [-0.25, -0.2) is 13.8 Å². The average molecular weight is 539 g/mol. The minimum absolute atomic E-state index is 0.0125. The molecule has 2 aromatic carbocycles. The minimum Gasteiger partial charge on any atom is -0.462 e. The number of nitriles is 1. The summed E-state index contributed by atoms with van der Waals surface area (Å²) in [5.74, 6) is -3.73. The third-order valence-electron chi connectivity index (χ3n) is 6.12. The number of aliphatic hydroxyl groups is 1. The largest absolute Gasteiger partial charge is 0.462 e. The van der Waals surface area contributed by atoms with E-state index in [4.69, 9.17) is 14.4 Å². The summed E-state index contributed by atoms with van der Waals surface area (Å²) in [5, 5.41) is 26.9. The van der Waals surface area contributed by atoms with Crippen molar-refractivity contribution in [2.24, 2.45) is 0 Å². The molecule has 0 bridgehead atoms. The quantitative estimate of drug-likeness (QED) is 0.320. The fourth-order valence-corrected chi connectivity index (χ4v) is 4.29. The Morgan fingerprint density at radius 3 is 2.54 bits per heavy atom. The Hall–Kier alpha value is -4.83. The van der Waals surface area contributed by atoms with Crippen LogP contribution in [-0.4, -0.2) is 37.7 Å². The molecule has 5 rings (SSSR count). The van der Waals surface area contributed by atoms with Crippen LogP contribution in [0.2, 0.25) is 0 Å². The Morgan fingerprint density at radius 1 is 1.08 bits per heavy atom. The van der Waals surface area contributed by atoms with Gasteiger partial charge in [0, 0.05) is 29.9 Å². The number of pyridine rings is 1. The van der Waals surface area contributed by atoms with E-state index >= 15 is 0 Å². The van der Waals surface area contributed by atoms with Crippen molar-refractivity contribution in [2.45, 2.75) is 25.1 Å². The third kappa shape index (κ3) is 5.01. The second kappa shape index (κ2) is 10.5. The lowest BCUT2D eigenvalue weighted by molar-refractivity contribution is 0.0358. The van der Waals surface area contributed by atoms with Gasteiger partial charge in [0.05, 0.1) is 6.04 Å². The lowest BCUT2D eigenvalue weighted by Gasteiger charge is -2.32. The van der Waals surface area contributed by atoms with Crippen molar-refractivity contribution in [3.05, 3.63) is 94.5 Å². The minimum atomic E-state index is -2.96. The molecular weight excluding hydrogens is 522 g/mol. The molecule has 198 valence electrons.